The van der Waals surface area contributed by atoms with Crippen LogP contribution in [-0.2, 0) is 0 Å². The molecule has 2 aromatic carbocycles. The molecule has 1 N–H and O–H groups in total. The molecule has 1 unspecified atom stereocenters. The number of rotatable bonds is 10. The quantitative estimate of drug-likeness (QED) is 0.376. The second-order valence-corrected chi connectivity index (χ2v) is 6.58. The predicted octanol–water partition coefficient (Wildman–Crippen LogP) is 4.10. The number of non-ortho nitro benzene ring substituents is 1. The molecule has 0 aliphatic heterocycles. The van der Waals surface area contributed by atoms with Crippen molar-refractivity contribution < 1.29 is 9.72 Å². The lowest BCUT2D eigenvalue weighted by molar-refractivity contribution is -0.384. The summed E-state index contributed by atoms with van der Waals surface area (Å²) in [7, 11) is 0. The van der Waals surface area contributed by atoms with Gasteiger partial charge >= 0.3 is 0 Å². The van der Waals surface area contributed by atoms with E-state index < -0.39 is 4.92 Å². The zero-order valence-electron chi connectivity index (χ0n) is 15.5. The minimum absolute atomic E-state index is 0.0242. The lowest BCUT2D eigenvalue weighted by atomic mass is 10.0. The number of nitrogens with one attached hydrogen (secondary N) is 1. The highest BCUT2D eigenvalue weighted by molar-refractivity contribution is 6.30. The molecule has 1 atom stereocenters. The van der Waals surface area contributed by atoms with Crippen LogP contribution in [0.2, 0.25) is 5.02 Å². The first-order valence-corrected chi connectivity index (χ1v) is 9.32. The fraction of sp³-hybridized carbons (Fsp3) is 0.350. The normalized spacial score (nSPS) is 12.1. The molecule has 0 bridgehead atoms. The number of hydrogen-bond acceptors (Lipinski definition) is 5. The Labute approximate surface area is 164 Å². The third-order valence-electron chi connectivity index (χ3n) is 4.53. The topological polar surface area (TPSA) is 75.5 Å². The van der Waals surface area contributed by atoms with E-state index in [-0.39, 0.29) is 24.1 Å². The lowest BCUT2D eigenvalue weighted by Gasteiger charge is -2.30. The van der Waals surface area contributed by atoms with E-state index >= 15 is 0 Å². The smallest absolute Gasteiger partial charge is 0.269 e. The number of carbonyl (C=O) groups excluding carboxylic acids is 1. The summed E-state index contributed by atoms with van der Waals surface area (Å²) in [5, 5.41) is 14.6. The number of carbonyl (C=O) groups is 1. The Morgan fingerprint density at radius 3 is 2.22 bits per heavy atom. The number of likely N-dealkylation sites (N-methyl/N-ethyl adjacent to an activating group) is 1. The van der Waals surface area contributed by atoms with E-state index in [1.807, 2.05) is 24.3 Å². The molecule has 0 radical (unpaired) electrons. The van der Waals surface area contributed by atoms with Crippen LogP contribution >= 0.6 is 11.6 Å². The standard InChI is InChI=1S/C20H24ClN3O3/c1-3-23(4-2)19(15-5-9-17(21)10-6-15)13-22-14-20(25)16-7-11-18(12-8-16)24(26)27/h5-12,19,22H,3-4,13-14H2,1-2H3. The molecule has 0 aliphatic rings. The van der Waals surface area contributed by atoms with Crippen molar-refractivity contribution in [2.75, 3.05) is 26.2 Å². The average Bonchev–Trinajstić information content (AvgIpc) is 2.68. The maximum absolute atomic E-state index is 12.3. The van der Waals surface area contributed by atoms with Crippen molar-refractivity contribution in [3.05, 3.63) is 74.8 Å². The van der Waals surface area contributed by atoms with Crippen LogP contribution in [0.1, 0.15) is 35.8 Å². The largest absolute Gasteiger partial charge is 0.308 e. The van der Waals surface area contributed by atoms with Crippen LogP contribution in [0.25, 0.3) is 0 Å². The fourth-order valence-corrected chi connectivity index (χ4v) is 3.13. The highest BCUT2D eigenvalue weighted by atomic mass is 35.5. The van der Waals surface area contributed by atoms with Gasteiger partial charge in [0.05, 0.1) is 11.5 Å². The minimum Gasteiger partial charge on any atom is -0.308 e. The van der Waals surface area contributed by atoms with Gasteiger partial charge in [0.2, 0.25) is 0 Å². The van der Waals surface area contributed by atoms with Gasteiger partial charge < -0.3 is 5.32 Å². The van der Waals surface area contributed by atoms with Gasteiger partial charge in [-0.25, -0.2) is 0 Å². The van der Waals surface area contributed by atoms with Gasteiger partial charge in [-0.1, -0.05) is 37.6 Å². The molecule has 0 fully saturated rings. The summed E-state index contributed by atoms with van der Waals surface area (Å²) in [4.78, 5) is 24.9. The molecule has 7 heteroatoms. The molecule has 0 saturated heterocycles. The van der Waals surface area contributed by atoms with Crippen LogP contribution in [0.4, 0.5) is 5.69 Å². The third-order valence-corrected chi connectivity index (χ3v) is 4.78. The van der Waals surface area contributed by atoms with Gasteiger partial charge in [-0.15, -0.1) is 0 Å². The molecule has 0 amide bonds. The van der Waals surface area contributed by atoms with Gasteiger partial charge in [0.15, 0.2) is 5.78 Å². The van der Waals surface area contributed by atoms with Crippen LogP contribution in [-0.4, -0.2) is 41.8 Å². The summed E-state index contributed by atoms with van der Waals surface area (Å²) in [6.45, 7) is 6.78. The fourth-order valence-electron chi connectivity index (χ4n) is 3.00. The Hall–Kier alpha value is -2.28. The van der Waals surface area contributed by atoms with E-state index in [9.17, 15) is 14.9 Å². The van der Waals surface area contributed by atoms with E-state index in [0.29, 0.717) is 17.1 Å². The monoisotopic (exact) mass is 389 g/mol. The number of Topliss-reactive ketones (excluding diaryl/α,β-unsaturated/α-hetero) is 1. The van der Waals surface area contributed by atoms with Crippen LogP contribution < -0.4 is 5.32 Å². The Balaban J connectivity index is 2.00. The first-order valence-electron chi connectivity index (χ1n) is 8.94. The van der Waals surface area contributed by atoms with Gasteiger partial charge in [0, 0.05) is 35.3 Å². The molecule has 2 aromatic rings. The summed E-state index contributed by atoms with van der Waals surface area (Å²) in [5.41, 5.74) is 1.57. The Bertz CT molecular complexity index is 759. The Morgan fingerprint density at radius 1 is 1.11 bits per heavy atom. The van der Waals surface area contributed by atoms with E-state index in [0.717, 1.165) is 18.7 Å². The molecular formula is C20H24ClN3O3. The summed E-state index contributed by atoms with van der Waals surface area (Å²) < 4.78 is 0. The zero-order valence-corrected chi connectivity index (χ0v) is 16.3. The summed E-state index contributed by atoms with van der Waals surface area (Å²) in [6.07, 6.45) is 0. The highest BCUT2D eigenvalue weighted by Gasteiger charge is 2.18. The van der Waals surface area contributed by atoms with Gasteiger partial charge in [-0.05, 0) is 42.9 Å². The molecule has 0 spiro atoms. The van der Waals surface area contributed by atoms with Gasteiger partial charge in [0.1, 0.15) is 0 Å². The molecule has 27 heavy (non-hydrogen) atoms. The molecule has 6 nitrogen and oxygen atoms in total. The summed E-state index contributed by atoms with van der Waals surface area (Å²) >= 11 is 5.99. The molecule has 0 saturated carbocycles. The zero-order chi connectivity index (χ0) is 19.8. The van der Waals surface area contributed by atoms with Gasteiger partial charge in [-0.3, -0.25) is 19.8 Å². The Kier molecular flexibility index (Phi) is 7.91. The van der Waals surface area contributed by atoms with E-state index in [4.69, 9.17) is 11.6 Å². The summed E-state index contributed by atoms with van der Waals surface area (Å²) in [5.74, 6) is -0.0979. The van der Waals surface area contributed by atoms with Crippen LogP contribution in [0.3, 0.4) is 0 Å². The van der Waals surface area contributed by atoms with Crippen molar-refractivity contribution in [2.45, 2.75) is 19.9 Å². The number of hydrogen-bond donors (Lipinski definition) is 1. The first kappa shape index (κ1) is 21.0. The van der Waals surface area contributed by atoms with Crippen molar-refractivity contribution in [1.82, 2.24) is 10.2 Å². The Morgan fingerprint density at radius 2 is 1.70 bits per heavy atom. The predicted molar refractivity (Wildman–Crippen MR) is 107 cm³/mol. The number of benzene rings is 2. The van der Waals surface area contributed by atoms with Gasteiger partial charge in [0.25, 0.3) is 5.69 Å². The molecule has 0 aromatic heterocycles. The van der Waals surface area contributed by atoms with Crippen molar-refractivity contribution in [3.8, 4) is 0 Å². The minimum atomic E-state index is -0.479. The molecule has 0 aliphatic carbocycles. The van der Waals surface area contributed by atoms with E-state index in [2.05, 4.69) is 24.1 Å². The van der Waals surface area contributed by atoms with E-state index in [1.54, 1.807) is 0 Å². The van der Waals surface area contributed by atoms with Crippen LogP contribution in [0.5, 0.6) is 0 Å². The van der Waals surface area contributed by atoms with Crippen LogP contribution in [0, 0.1) is 10.1 Å². The maximum Gasteiger partial charge on any atom is 0.269 e. The highest BCUT2D eigenvalue weighted by Crippen LogP contribution is 2.22. The van der Waals surface area contributed by atoms with Crippen molar-refractivity contribution in [2.24, 2.45) is 0 Å². The maximum atomic E-state index is 12.3. The van der Waals surface area contributed by atoms with Crippen LogP contribution in [0.15, 0.2) is 48.5 Å². The second-order valence-electron chi connectivity index (χ2n) is 6.15. The van der Waals surface area contributed by atoms with Crippen molar-refractivity contribution >= 4 is 23.1 Å². The second kappa shape index (κ2) is 10.2. The molecule has 0 heterocycles. The lowest BCUT2D eigenvalue weighted by Crippen LogP contribution is -2.37. The van der Waals surface area contributed by atoms with Crippen molar-refractivity contribution in [3.63, 3.8) is 0 Å². The average molecular weight is 390 g/mol. The number of nitro benzene ring substituents is 1. The number of ketones is 1. The molecule has 144 valence electrons. The van der Waals surface area contributed by atoms with Gasteiger partial charge in [-0.2, -0.15) is 0 Å². The SMILES string of the molecule is CCN(CC)C(CNCC(=O)c1ccc([N+](=O)[O-])cc1)c1ccc(Cl)cc1. The number of halogens is 1. The number of nitro groups is 1. The van der Waals surface area contributed by atoms with Crippen molar-refractivity contribution in [1.29, 1.82) is 0 Å². The summed E-state index contributed by atoms with van der Waals surface area (Å²) in [6, 6.07) is 13.6. The third kappa shape index (κ3) is 5.85. The first-order chi connectivity index (χ1) is 13.0. The molecule has 2 rings (SSSR count). The molecular weight excluding hydrogens is 366 g/mol. The van der Waals surface area contributed by atoms with E-state index in [1.165, 1.54) is 24.3 Å². The number of nitrogens with zero attached hydrogens (tertiary/aromatic N) is 2.